The molecule has 2 unspecified atom stereocenters. The number of methoxy groups -OCH3 is 1. The average Bonchev–Trinajstić information content (AvgIpc) is 2.50. The minimum atomic E-state index is -0.826. The molecule has 0 aromatic rings. The van der Waals surface area contributed by atoms with Crippen molar-refractivity contribution < 1.29 is 24.2 Å². The van der Waals surface area contributed by atoms with E-state index in [0.29, 0.717) is 5.76 Å². The minimum Gasteiger partial charge on any atom is -0.472 e. The first-order valence-electron chi connectivity index (χ1n) is 4.55. The number of esters is 1. The molecule has 0 aromatic heterocycles. The number of carbonyl (C=O) groups excluding carboxylic acids is 2. The number of nitrogens with zero attached hydrogens (tertiary/aromatic N) is 1. The van der Waals surface area contributed by atoms with Gasteiger partial charge in [0.05, 0.1) is 20.1 Å². The number of aliphatic hydroxyl groups is 1. The van der Waals surface area contributed by atoms with Crippen molar-refractivity contribution in [2.24, 2.45) is 0 Å². The van der Waals surface area contributed by atoms with Gasteiger partial charge < -0.3 is 14.6 Å². The summed E-state index contributed by atoms with van der Waals surface area (Å²) in [5, 5.41) is 8.75. The van der Waals surface area contributed by atoms with E-state index in [1.165, 1.54) is 18.1 Å². The molecule has 1 N–H and O–H groups in total. The fourth-order valence-electron chi connectivity index (χ4n) is 1.76. The maximum atomic E-state index is 11.4. The van der Waals surface area contributed by atoms with Gasteiger partial charge in [0.15, 0.2) is 12.3 Å². The highest BCUT2D eigenvalue weighted by Crippen LogP contribution is 2.36. The normalized spacial score (nSPS) is 30.9. The van der Waals surface area contributed by atoms with Crippen LogP contribution >= 0.6 is 0 Å². The minimum absolute atomic E-state index is 0.142. The van der Waals surface area contributed by atoms with Gasteiger partial charge >= 0.3 is 5.97 Å². The molecule has 0 saturated carbocycles. The number of β-lactam (4-membered cyclic amide) rings is 1. The number of fused-ring (bicyclic) bond motifs is 1. The lowest BCUT2D eigenvalue weighted by molar-refractivity contribution is -0.164. The van der Waals surface area contributed by atoms with Gasteiger partial charge in [0, 0.05) is 0 Å². The summed E-state index contributed by atoms with van der Waals surface area (Å²) < 4.78 is 9.89. The summed E-state index contributed by atoms with van der Waals surface area (Å²) in [5.41, 5.74) is 0. The van der Waals surface area contributed by atoms with E-state index in [1.54, 1.807) is 0 Å². The largest absolute Gasteiger partial charge is 0.472 e. The van der Waals surface area contributed by atoms with Gasteiger partial charge in [0.2, 0.25) is 5.91 Å². The molecule has 2 fully saturated rings. The third-order valence-electron chi connectivity index (χ3n) is 2.48. The zero-order valence-electron chi connectivity index (χ0n) is 8.17. The quantitative estimate of drug-likeness (QED) is 0.470. The molecule has 2 atom stereocenters. The Morgan fingerprint density at radius 3 is 3.07 bits per heavy atom. The van der Waals surface area contributed by atoms with Crippen LogP contribution in [0.5, 0.6) is 0 Å². The zero-order chi connectivity index (χ0) is 11.0. The van der Waals surface area contributed by atoms with Crippen LogP contribution in [0.3, 0.4) is 0 Å². The Morgan fingerprint density at radius 2 is 2.53 bits per heavy atom. The van der Waals surface area contributed by atoms with Crippen LogP contribution in [0.1, 0.15) is 6.42 Å². The average molecular weight is 213 g/mol. The molecule has 15 heavy (non-hydrogen) atoms. The third kappa shape index (κ3) is 1.37. The van der Waals surface area contributed by atoms with Crippen LogP contribution in [0.15, 0.2) is 11.8 Å². The zero-order valence-corrected chi connectivity index (χ0v) is 8.17. The van der Waals surface area contributed by atoms with Crippen LogP contribution < -0.4 is 0 Å². The highest BCUT2D eigenvalue weighted by atomic mass is 16.6. The monoisotopic (exact) mass is 213 g/mol. The molecular weight excluding hydrogens is 202 g/mol. The molecule has 0 spiro atoms. The van der Waals surface area contributed by atoms with Gasteiger partial charge in [-0.3, -0.25) is 9.69 Å². The number of ether oxygens (including phenoxy) is 2. The van der Waals surface area contributed by atoms with E-state index in [-0.39, 0.29) is 25.2 Å². The molecule has 2 rings (SSSR count). The first-order chi connectivity index (χ1) is 7.19. The maximum absolute atomic E-state index is 11.4. The topological polar surface area (TPSA) is 76.1 Å². The summed E-state index contributed by atoms with van der Waals surface area (Å²) in [6, 6.07) is -0.826. The van der Waals surface area contributed by atoms with Crippen molar-refractivity contribution in [2.45, 2.75) is 18.7 Å². The van der Waals surface area contributed by atoms with Gasteiger partial charge in [0.25, 0.3) is 0 Å². The third-order valence-corrected chi connectivity index (χ3v) is 2.48. The summed E-state index contributed by atoms with van der Waals surface area (Å²) in [5.74, 6) is -0.401. The fourth-order valence-corrected chi connectivity index (χ4v) is 1.76. The van der Waals surface area contributed by atoms with Gasteiger partial charge in [-0.15, -0.1) is 0 Å². The second-order valence-corrected chi connectivity index (χ2v) is 3.29. The number of rotatable bonds is 2. The smallest absolute Gasteiger partial charge is 0.336 e. The van der Waals surface area contributed by atoms with E-state index in [4.69, 9.17) is 9.84 Å². The Bertz CT molecular complexity index is 337. The Hall–Kier alpha value is -1.56. The molecule has 82 valence electrons. The standard InChI is InChI=1S/C9H11NO5/c1-14-9(13)8-5(2-3-11)15-7-4-6(12)10(7)8/h2,7-8,11H,3-4H2,1H3. The molecule has 2 saturated heterocycles. The number of hydrogen-bond acceptors (Lipinski definition) is 5. The Kier molecular flexibility index (Phi) is 2.36. The second-order valence-electron chi connectivity index (χ2n) is 3.29. The predicted molar refractivity (Wildman–Crippen MR) is 47.3 cm³/mol. The van der Waals surface area contributed by atoms with Crippen molar-refractivity contribution in [3.63, 3.8) is 0 Å². The summed E-state index contributed by atoms with van der Waals surface area (Å²) in [7, 11) is 1.25. The number of carbonyl (C=O) groups is 2. The number of hydrogen-bond donors (Lipinski definition) is 1. The SMILES string of the molecule is COC(=O)C1C(=CCO)OC2CC(=O)N21. The number of amides is 1. The first kappa shape index (κ1) is 9.97. The lowest BCUT2D eigenvalue weighted by Gasteiger charge is -2.33. The van der Waals surface area contributed by atoms with Crippen molar-refractivity contribution in [3.05, 3.63) is 11.8 Å². The molecule has 6 heteroatoms. The highest BCUT2D eigenvalue weighted by molar-refractivity contribution is 5.91. The van der Waals surface area contributed by atoms with Crippen LogP contribution in [-0.2, 0) is 19.1 Å². The van der Waals surface area contributed by atoms with E-state index in [2.05, 4.69) is 4.74 Å². The van der Waals surface area contributed by atoms with Crippen molar-refractivity contribution in [1.82, 2.24) is 4.90 Å². The second kappa shape index (κ2) is 3.54. The lowest BCUT2D eigenvalue weighted by Crippen LogP contribution is -2.55. The molecule has 0 radical (unpaired) electrons. The van der Waals surface area contributed by atoms with Crippen LogP contribution in [0, 0.1) is 0 Å². The predicted octanol–water partition coefficient (Wildman–Crippen LogP) is -1.01. The van der Waals surface area contributed by atoms with Gasteiger partial charge in [-0.25, -0.2) is 4.79 Å². The van der Waals surface area contributed by atoms with Crippen LogP contribution in [0.4, 0.5) is 0 Å². The van der Waals surface area contributed by atoms with Crippen molar-refractivity contribution in [2.75, 3.05) is 13.7 Å². The molecule has 2 aliphatic rings. The van der Waals surface area contributed by atoms with Gasteiger partial charge in [-0.1, -0.05) is 0 Å². The van der Waals surface area contributed by atoms with Crippen molar-refractivity contribution in [1.29, 1.82) is 0 Å². The fraction of sp³-hybridized carbons (Fsp3) is 0.556. The summed E-state index contributed by atoms with van der Waals surface area (Å²) in [4.78, 5) is 24.0. The maximum Gasteiger partial charge on any atom is 0.336 e. The molecular formula is C9H11NO5. The molecule has 0 bridgehead atoms. The summed E-state index contributed by atoms with van der Waals surface area (Å²) >= 11 is 0. The molecule has 6 nitrogen and oxygen atoms in total. The van der Waals surface area contributed by atoms with Crippen molar-refractivity contribution in [3.8, 4) is 0 Å². The van der Waals surface area contributed by atoms with E-state index in [0.717, 1.165) is 0 Å². The van der Waals surface area contributed by atoms with Gasteiger partial charge in [-0.05, 0) is 6.08 Å². The lowest BCUT2D eigenvalue weighted by atomic mass is 10.1. The van der Waals surface area contributed by atoms with E-state index in [9.17, 15) is 9.59 Å². The Labute approximate surface area is 86.1 Å². The van der Waals surface area contributed by atoms with E-state index in [1.807, 2.05) is 0 Å². The van der Waals surface area contributed by atoms with E-state index < -0.39 is 12.0 Å². The van der Waals surface area contributed by atoms with Crippen molar-refractivity contribution >= 4 is 11.9 Å². The molecule has 2 aliphatic heterocycles. The number of aliphatic hydroxyl groups excluding tert-OH is 1. The highest BCUT2D eigenvalue weighted by Gasteiger charge is 2.53. The Balaban J connectivity index is 2.24. The van der Waals surface area contributed by atoms with Gasteiger partial charge in [-0.2, -0.15) is 0 Å². The van der Waals surface area contributed by atoms with Crippen LogP contribution in [-0.4, -0.2) is 47.9 Å². The Morgan fingerprint density at radius 1 is 1.80 bits per heavy atom. The molecule has 0 aromatic carbocycles. The summed E-state index contributed by atoms with van der Waals surface area (Å²) in [6.45, 7) is -0.239. The summed E-state index contributed by atoms with van der Waals surface area (Å²) in [6.07, 6.45) is 1.27. The van der Waals surface area contributed by atoms with Crippen LogP contribution in [0.2, 0.25) is 0 Å². The van der Waals surface area contributed by atoms with Gasteiger partial charge in [0.1, 0.15) is 5.76 Å². The molecule has 1 amide bonds. The van der Waals surface area contributed by atoms with Crippen LogP contribution in [0.25, 0.3) is 0 Å². The molecule has 0 aliphatic carbocycles. The van der Waals surface area contributed by atoms with E-state index >= 15 is 0 Å². The first-order valence-corrected chi connectivity index (χ1v) is 4.55. The molecule has 2 heterocycles.